The van der Waals surface area contributed by atoms with Crippen molar-refractivity contribution in [3.05, 3.63) is 52.3 Å². The molecule has 0 bridgehead atoms. The van der Waals surface area contributed by atoms with Crippen LogP contribution in [0.5, 0.6) is 0 Å². The molecule has 126 valence electrons. The van der Waals surface area contributed by atoms with Crippen LogP contribution in [0.2, 0.25) is 5.15 Å². The van der Waals surface area contributed by atoms with Gasteiger partial charge in [0.2, 0.25) is 0 Å². The first-order chi connectivity index (χ1) is 12.1. The monoisotopic (exact) mass is 369 g/mol. The highest BCUT2D eigenvalue weighted by atomic mass is 35.5. The van der Waals surface area contributed by atoms with Gasteiger partial charge in [0, 0.05) is 21.3 Å². The molecule has 0 amide bonds. The molecule has 3 aromatic heterocycles. The molecule has 25 heavy (non-hydrogen) atoms. The van der Waals surface area contributed by atoms with Crippen LogP contribution in [0.3, 0.4) is 0 Å². The summed E-state index contributed by atoms with van der Waals surface area (Å²) in [5.74, 6) is 1.15. The van der Waals surface area contributed by atoms with E-state index >= 15 is 0 Å². The van der Waals surface area contributed by atoms with Crippen LogP contribution in [0, 0.1) is 0 Å². The van der Waals surface area contributed by atoms with Gasteiger partial charge < -0.3 is 4.98 Å². The van der Waals surface area contributed by atoms with Gasteiger partial charge in [-0.3, -0.25) is 5.43 Å². The van der Waals surface area contributed by atoms with Crippen molar-refractivity contribution in [3.8, 4) is 0 Å². The van der Waals surface area contributed by atoms with Gasteiger partial charge in [-0.1, -0.05) is 43.6 Å². The SMILES string of the molecule is CC(C)c1cc2c(N/N=C/c3c(Cl)[nH]c4ccccc34)ncnc2s1. The Balaban J connectivity index is 1.65. The largest absolute Gasteiger partial charge is 0.345 e. The van der Waals surface area contributed by atoms with E-state index in [0.29, 0.717) is 16.9 Å². The Morgan fingerprint density at radius 1 is 1.24 bits per heavy atom. The van der Waals surface area contributed by atoms with Crippen molar-refractivity contribution < 1.29 is 0 Å². The van der Waals surface area contributed by atoms with E-state index in [1.807, 2.05) is 24.3 Å². The minimum atomic E-state index is 0.459. The van der Waals surface area contributed by atoms with E-state index in [0.717, 1.165) is 26.7 Å². The van der Waals surface area contributed by atoms with Crippen LogP contribution in [-0.2, 0) is 0 Å². The van der Waals surface area contributed by atoms with Crippen molar-refractivity contribution in [2.75, 3.05) is 5.43 Å². The Bertz CT molecular complexity index is 1080. The van der Waals surface area contributed by atoms with E-state index in [1.54, 1.807) is 23.9 Å². The lowest BCUT2D eigenvalue weighted by atomic mass is 10.2. The number of aromatic amines is 1. The average molecular weight is 370 g/mol. The molecular formula is C18H16ClN5S. The first-order valence-corrected chi connectivity index (χ1v) is 9.12. The number of nitrogens with one attached hydrogen (secondary N) is 2. The summed E-state index contributed by atoms with van der Waals surface area (Å²) in [6.07, 6.45) is 3.27. The molecule has 3 heterocycles. The van der Waals surface area contributed by atoms with E-state index in [2.05, 4.69) is 45.4 Å². The molecule has 7 heteroatoms. The van der Waals surface area contributed by atoms with E-state index in [1.165, 1.54) is 4.88 Å². The fraction of sp³-hybridized carbons (Fsp3) is 0.167. The molecule has 0 unspecified atom stereocenters. The zero-order valence-corrected chi connectivity index (χ0v) is 15.3. The predicted molar refractivity (Wildman–Crippen MR) is 106 cm³/mol. The van der Waals surface area contributed by atoms with Gasteiger partial charge in [0.1, 0.15) is 16.3 Å². The number of thiophene rings is 1. The van der Waals surface area contributed by atoms with E-state index < -0.39 is 0 Å². The number of H-pyrrole nitrogens is 1. The third kappa shape index (κ3) is 2.99. The minimum Gasteiger partial charge on any atom is -0.345 e. The van der Waals surface area contributed by atoms with E-state index in [4.69, 9.17) is 11.6 Å². The topological polar surface area (TPSA) is 66.0 Å². The summed E-state index contributed by atoms with van der Waals surface area (Å²) in [6, 6.07) is 10.1. The molecular weight excluding hydrogens is 354 g/mol. The zero-order chi connectivity index (χ0) is 17.4. The van der Waals surface area contributed by atoms with Crippen LogP contribution in [0.15, 0.2) is 41.8 Å². The Hall–Kier alpha value is -2.44. The summed E-state index contributed by atoms with van der Waals surface area (Å²) in [5, 5.41) is 6.92. The molecule has 0 aliphatic carbocycles. The first kappa shape index (κ1) is 16.1. The number of benzene rings is 1. The van der Waals surface area contributed by atoms with Crippen LogP contribution in [0.1, 0.15) is 30.2 Å². The summed E-state index contributed by atoms with van der Waals surface area (Å²) in [7, 11) is 0. The molecule has 0 aliphatic rings. The maximum Gasteiger partial charge on any atom is 0.158 e. The van der Waals surface area contributed by atoms with Crippen molar-refractivity contribution in [1.29, 1.82) is 0 Å². The summed E-state index contributed by atoms with van der Waals surface area (Å²) in [5.41, 5.74) is 4.86. The summed E-state index contributed by atoms with van der Waals surface area (Å²) in [4.78, 5) is 14.0. The van der Waals surface area contributed by atoms with E-state index in [9.17, 15) is 0 Å². The molecule has 2 N–H and O–H groups in total. The number of fused-ring (bicyclic) bond motifs is 2. The second-order valence-electron chi connectivity index (χ2n) is 6.01. The molecule has 0 atom stereocenters. The highest BCUT2D eigenvalue weighted by Gasteiger charge is 2.11. The van der Waals surface area contributed by atoms with Crippen LogP contribution < -0.4 is 5.43 Å². The molecule has 4 rings (SSSR count). The molecule has 0 saturated heterocycles. The van der Waals surface area contributed by atoms with Gasteiger partial charge in [-0.05, 0) is 18.1 Å². The van der Waals surface area contributed by atoms with Crippen LogP contribution in [0.4, 0.5) is 5.82 Å². The molecule has 0 radical (unpaired) electrons. The van der Waals surface area contributed by atoms with Crippen molar-refractivity contribution in [1.82, 2.24) is 15.0 Å². The predicted octanol–water partition coefficient (Wildman–Crippen LogP) is 5.40. The van der Waals surface area contributed by atoms with E-state index in [-0.39, 0.29) is 0 Å². The van der Waals surface area contributed by atoms with Crippen molar-refractivity contribution >= 4 is 56.1 Å². The van der Waals surface area contributed by atoms with Gasteiger partial charge in [0.15, 0.2) is 5.82 Å². The second kappa shape index (κ2) is 6.46. The maximum absolute atomic E-state index is 6.28. The Morgan fingerprint density at radius 3 is 2.92 bits per heavy atom. The van der Waals surface area contributed by atoms with Crippen molar-refractivity contribution in [2.45, 2.75) is 19.8 Å². The number of rotatable bonds is 4. The third-order valence-corrected chi connectivity index (χ3v) is 5.62. The number of nitrogens with zero attached hydrogens (tertiary/aromatic N) is 3. The minimum absolute atomic E-state index is 0.459. The van der Waals surface area contributed by atoms with Gasteiger partial charge in [0.25, 0.3) is 0 Å². The van der Waals surface area contributed by atoms with Crippen molar-refractivity contribution in [2.24, 2.45) is 5.10 Å². The normalized spacial score (nSPS) is 12.0. The fourth-order valence-corrected chi connectivity index (χ4v) is 3.92. The van der Waals surface area contributed by atoms with Gasteiger partial charge in [0.05, 0.1) is 11.6 Å². The highest BCUT2D eigenvalue weighted by Crippen LogP contribution is 2.32. The number of hydrogen-bond donors (Lipinski definition) is 2. The van der Waals surface area contributed by atoms with Gasteiger partial charge >= 0.3 is 0 Å². The summed E-state index contributed by atoms with van der Waals surface area (Å²) in [6.45, 7) is 4.34. The number of aromatic nitrogens is 3. The fourth-order valence-electron chi connectivity index (χ4n) is 2.66. The number of para-hydroxylation sites is 1. The Kier molecular flexibility index (Phi) is 4.15. The molecule has 0 spiro atoms. The van der Waals surface area contributed by atoms with Crippen molar-refractivity contribution in [3.63, 3.8) is 0 Å². The van der Waals surface area contributed by atoms with Crippen LogP contribution >= 0.6 is 22.9 Å². The Labute approximate surface area is 153 Å². The molecule has 0 aliphatic heterocycles. The van der Waals surface area contributed by atoms with Gasteiger partial charge in [-0.2, -0.15) is 5.10 Å². The lowest BCUT2D eigenvalue weighted by molar-refractivity contribution is 0.890. The Morgan fingerprint density at radius 2 is 2.08 bits per heavy atom. The summed E-state index contributed by atoms with van der Waals surface area (Å²) >= 11 is 7.97. The van der Waals surface area contributed by atoms with Gasteiger partial charge in [-0.25, -0.2) is 9.97 Å². The molecule has 0 fully saturated rings. The molecule has 4 aromatic rings. The third-order valence-electron chi connectivity index (χ3n) is 3.98. The highest BCUT2D eigenvalue weighted by molar-refractivity contribution is 7.18. The zero-order valence-electron chi connectivity index (χ0n) is 13.7. The quantitative estimate of drug-likeness (QED) is 0.374. The lowest BCUT2D eigenvalue weighted by Gasteiger charge is -2.00. The molecule has 0 saturated carbocycles. The first-order valence-electron chi connectivity index (χ1n) is 7.93. The second-order valence-corrected chi connectivity index (χ2v) is 7.45. The van der Waals surface area contributed by atoms with Crippen LogP contribution in [-0.4, -0.2) is 21.2 Å². The van der Waals surface area contributed by atoms with Gasteiger partial charge in [-0.15, -0.1) is 11.3 Å². The number of hydrazone groups is 1. The average Bonchev–Trinajstić information content (AvgIpc) is 3.17. The number of halogens is 1. The van der Waals surface area contributed by atoms with Crippen LogP contribution in [0.25, 0.3) is 21.1 Å². The maximum atomic E-state index is 6.28. The summed E-state index contributed by atoms with van der Waals surface area (Å²) < 4.78 is 0. The standard InChI is InChI=1S/C18H16ClN5S/c1-10(2)15-7-12-17(20-9-21-18(12)25-15)24-22-8-13-11-5-3-4-6-14(11)23-16(13)19/h3-10,23H,1-2H3,(H,20,21,24)/b22-8+. The molecule has 5 nitrogen and oxygen atoms in total. The lowest BCUT2D eigenvalue weighted by Crippen LogP contribution is -1.94. The number of hydrogen-bond acceptors (Lipinski definition) is 5. The smallest absolute Gasteiger partial charge is 0.158 e. The molecule has 1 aromatic carbocycles. The number of anilines is 1.